The Bertz CT molecular complexity index is 2040. The van der Waals surface area contributed by atoms with E-state index in [0.29, 0.717) is 40.5 Å². The Hall–Kier alpha value is -5.84. The van der Waals surface area contributed by atoms with Crippen LogP contribution in [0.4, 0.5) is 11.4 Å². The van der Waals surface area contributed by atoms with Gasteiger partial charge in [-0.3, -0.25) is 14.4 Å². The molecule has 258 valence electrons. The number of amides is 3. The van der Waals surface area contributed by atoms with Gasteiger partial charge in [-0.25, -0.2) is 4.79 Å². The second kappa shape index (κ2) is 17.7. The summed E-state index contributed by atoms with van der Waals surface area (Å²) in [6, 6.07) is 36.6. The van der Waals surface area contributed by atoms with Crippen LogP contribution in [0.5, 0.6) is 5.75 Å². The highest BCUT2D eigenvalue weighted by atomic mass is 35.5. The van der Waals surface area contributed by atoms with Crippen LogP contribution in [-0.4, -0.2) is 34.0 Å². The molecule has 3 amide bonds. The van der Waals surface area contributed by atoms with Gasteiger partial charge in [0, 0.05) is 16.1 Å². The molecule has 5 aromatic carbocycles. The van der Waals surface area contributed by atoms with Crippen molar-refractivity contribution in [2.24, 2.45) is 0 Å². The molecule has 0 aromatic heterocycles. The molecule has 1 unspecified atom stereocenters. The number of carbonyl (C=O) groups excluding carboxylic acids is 3. The van der Waals surface area contributed by atoms with E-state index in [1.54, 1.807) is 78.9 Å². The average Bonchev–Trinajstić information content (AvgIpc) is 3.14. The number of hydrogen-bond acceptors (Lipinski definition) is 6. The van der Waals surface area contributed by atoms with E-state index < -0.39 is 23.0 Å². The minimum atomic E-state index is -1.14. The van der Waals surface area contributed by atoms with Crippen molar-refractivity contribution in [1.29, 1.82) is 0 Å². The molecule has 0 aliphatic heterocycles. The normalized spacial score (nSPS) is 11.6. The number of carbonyl (C=O) groups is 4. The second-order valence-electron chi connectivity index (χ2n) is 11.2. The van der Waals surface area contributed by atoms with E-state index in [4.69, 9.17) is 16.3 Å². The molecule has 0 saturated carbocycles. The monoisotopic (exact) mass is 719 g/mol. The number of hydrogen-bond donors (Lipinski definition) is 4. The minimum absolute atomic E-state index is 0.00270. The zero-order chi connectivity index (χ0) is 36.2. The number of rotatable bonds is 14. The van der Waals surface area contributed by atoms with Crippen molar-refractivity contribution in [2.45, 2.75) is 30.1 Å². The summed E-state index contributed by atoms with van der Waals surface area (Å²) >= 11 is 7.49. The van der Waals surface area contributed by atoms with Crippen LogP contribution in [0.15, 0.2) is 138 Å². The first kappa shape index (κ1) is 36.4. The molecule has 0 aliphatic carbocycles. The van der Waals surface area contributed by atoms with Gasteiger partial charge in [0.05, 0.1) is 21.5 Å². The Morgan fingerprint density at radius 3 is 2.20 bits per heavy atom. The molecular formula is C40H34ClN3O6S. The van der Waals surface area contributed by atoms with Crippen molar-refractivity contribution >= 4 is 64.5 Å². The lowest BCUT2D eigenvalue weighted by atomic mass is 10.1. The number of anilines is 2. The molecular weight excluding hydrogens is 686 g/mol. The van der Waals surface area contributed by atoms with E-state index in [0.717, 1.165) is 5.56 Å². The van der Waals surface area contributed by atoms with E-state index in [9.17, 15) is 24.3 Å². The van der Waals surface area contributed by atoms with E-state index >= 15 is 0 Å². The number of halogens is 1. The molecule has 51 heavy (non-hydrogen) atoms. The number of nitrogens with one attached hydrogen (secondary N) is 3. The SMILES string of the molecule is CCC(Sc1cccc(NC(=O)/C(=C\c2ccc(OCc3ccccc3)cc2)NC(=O)c2ccccc2)c1)C(=O)Nc1cc(C(=O)O)ccc1Cl. The first-order valence-corrected chi connectivity index (χ1v) is 17.2. The summed E-state index contributed by atoms with van der Waals surface area (Å²) in [5.74, 6) is -1.84. The van der Waals surface area contributed by atoms with Gasteiger partial charge in [0.15, 0.2) is 0 Å². The Labute approximate surface area is 304 Å². The zero-order valence-corrected chi connectivity index (χ0v) is 29.0. The molecule has 5 aromatic rings. The van der Waals surface area contributed by atoms with Crippen LogP contribution in [0.2, 0.25) is 5.02 Å². The van der Waals surface area contributed by atoms with Crippen LogP contribution in [0.25, 0.3) is 6.08 Å². The quantitative estimate of drug-likeness (QED) is 0.0668. The van der Waals surface area contributed by atoms with Gasteiger partial charge in [0.2, 0.25) is 5.91 Å². The van der Waals surface area contributed by atoms with Crippen LogP contribution in [0, 0.1) is 0 Å². The van der Waals surface area contributed by atoms with Gasteiger partial charge in [-0.05, 0) is 84.3 Å². The zero-order valence-electron chi connectivity index (χ0n) is 27.5. The van der Waals surface area contributed by atoms with Gasteiger partial charge >= 0.3 is 5.97 Å². The maximum Gasteiger partial charge on any atom is 0.335 e. The van der Waals surface area contributed by atoms with Gasteiger partial charge in [-0.15, -0.1) is 11.8 Å². The predicted molar refractivity (Wildman–Crippen MR) is 201 cm³/mol. The fourth-order valence-corrected chi connectivity index (χ4v) is 5.99. The van der Waals surface area contributed by atoms with Gasteiger partial charge < -0.3 is 25.8 Å². The molecule has 5 rings (SSSR count). The smallest absolute Gasteiger partial charge is 0.335 e. The van der Waals surface area contributed by atoms with Crippen molar-refractivity contribution in [3.63, 3.8) is 0 Å². The van der Waals surface area contributed by atoms with E-state index in [2.05, 4.69) is 16.0 Å². The third-order valence-electron chi connectivity index (χ3n) is 7.47. The number of aromatic carboxylic acids is 1. The molecule has 11 heteroatoms. The number of ether oxygens (including phenoxy) is 1. The number of benzene rings is 5. The second-order valence-corrected chi connectivity index (χ2v) is 12.9. The van der Waals surface area contributed by atoms with Gasteiger partial charge in [0.25, 0.3) is 11.8 Å². The third-order valence-corrected chi connectivity index (χ3v) is 9.16. The van der Waals surface area contributed by atoms with Crippen molar-refractivity contribution in [3.05, 3.63) is 160 Å². The van der Waals surface area contributed by atoms with Crippen molar-refractivity contribution < 1.29 is 29.0 Å². The Morgan fingerprint density at radius 1 is 0.804 bits per heavy atom. The van der Waals surface area contributed by atoms with Crippen LogP contribution in [0.3, 0.4) is 0 Å². The Balaban J connectivity index is 1.30. The van der Waals surface area contributed by atoms with Crippen LogP contribution >= 0.6 is 23.4 Å². The number of carboxylic acid groups (broad SMARTS) is 1. The van der Waals surface area contributed by atoms with Gasteiger partial charge in [-0.1, -0.05) is 85.3 Å². The van der Waals surface area contributed by atoms with E-state index in [-0.39, 0.29) is 27.9 Å². The summed E-state index contributed by atoms with van der Waals surface area (Å²) in [6.07, 6.45) is 2.04. The Morgan fingerprint density at radius 2 is 1.51 bits per heavy atom. The third kappa shape index (κ3) is 10.6. The molecule has 0 aliphatic rings. The van der Waals surface area contributed by atoms with Crippen LogP contribution in [0.1, 0.15) is 45.2 Å². The molecule has 0 bridgehead atoms. The number of thioether (sulfide) groups is 1. The summed E-state index contributed by atoms with van der Waals surface area (Å²) in [4.78, 5) is 52.1. The number of carboxylic acids is 1. The molecule has 0 fully saturated rings. The molecule has 9 nitrogen and oxygen atoms in total. The highest BCUT2D eigenvalue weighted by Crippen LogP contribution is 2.30. The fraction of sp³-hybridized carbons (Fsp3) is 0.100. The lowest BCUT2D eigenvalue weighted by Crippen LogP contribution is -2.30. The molecule has 1 atom stereocenters. The highest BCUT2D eigenvalue weighted by Gasteiger charge is 2.21. The summed E-state index contributed by atoms with van der Waals surface area (Å²) in [5.41, 5.74) is 2.75. The molecule has 0 heterocycles. The molecule has 4 N–H and O–H groups in total. The van der Waals surface area contributed by atoms with Crippen molar-refractivity contribution in [1.82, 2.24) is 5.32 Å². The fourth-order valence-electron chi connectivity index (χ4n) is 4.81. The Kier molecular flexibility index (Phi) is 12.7. The first-order valence-electron chi connectivity index (χ1n) is 15.9. The average molecular weight is 720 g/mol. The standard InChI is InChI=1S/C40H34ClN3O6S/c1-2-36(39(47)43-34-23-29(40(48)49)18-21-33(34)41)51-32-15-9-14-30(24-32)42-38(46)35(44-37(45)28-12-7-4-8-13-28)22-26-16-19-31(20-17-26)50-25-27-10-5-3-6-11-27/h3-24,36H,2,25H2,1H3,(H,42,46)(H,43,47)(H,44,45)(H,48,49)/b35-22+. The van der Waals surface area contributed by atoms with E-state index in [1.165, 1.54) is 30.0 Å². The van der Waals surface area contributed by atoms with Gasteiger partial charge in [-0.2, -0.15) is 0 Å². The summed E-state index contributed by atoms with van der Waals surface area (Å²) in [5, 5.41) is 17.3. The van der Waals surface area contributed by atoms with Crippen LogP contribution < -0.4 is 20.7 Å². The minimum Gasteiger partial charge on any atom is -0.489 e. The molecule has 0 saturated heterocycles. The van der Waals surface area contributed by atoms with Gasteiger partial charge in [0.1, 0.15) is 18.1 Å². The molecule has 0 radical (unpaired) electrons. The maximum atomic E-state index is 13.7. The van der Waals surface area contributed by atoms with E-state index in [1.807, 2.05) is 43.3 Å². The predicted octanol–water partition coefficient (Wildman–Crippen LogP) is 8.54. The summed E-state index contributed by atoms with van der Waals surface area (Å²) < 4.78 is 5.89. The summed E-state index contributed by atoms with van der Waals surface area (Å²) in [7, 11) is 0. The molecule has 0 spiro atoms. The topological polar surface area (TPSA) is 134 Å². The largest absolute Gasteiger partial charge is 0.489 e. The maximum absolute atomic E-state index is 13.7. The van der Waals surface area contributed by atoms with Crippen molar-refractivity contribution in [2.75, 3.05) is 10.6 Å². The lowest BCUT2D eigenvalue weighted by molar-refractivity contribution is -0.116. The van der Waals surface area contributed by atoms with Crippen molar-refractivity contribution in [3.8, 4) is 5.75 Å². The summed E-state index contributed by atoms with van der Waals surface area (Å²) in [6.45, 7) is 2.26. The first-order chi connectivity index (χ1) is 24.7. The highest BCUT2D eigenvalue weighted by molar-refractivity contribution is 8.00. The lowest BCUT2D eigenvalue weighted by Gasteiger charge is -2.17. The van der Waals surface area contributed by atoms with Crippen LogP contribution in [-0.2, 0) is 16.2 Å².